The van der Waals surface area contributed by atoms with Crippen LogP contribution in [0.4, 0.5) is 5.82 Å². The van der Waals surface area contributed by atoms with Crippen molar-refractivity contribution in [1.29, 1.82) is 0 Å². The van der Waals surface area contributed by atoms with Gasteiger partial charge in [-0.1, -0.05) is 0 Å². The Balaban J connectivity index is 2.13. The van der Waals surface area contributed by atoms with Crippen molar-refractivity contribution in [2.75, 3.05) is 5.73 Å². The Kier molecular flexibility index (Phi) is 3.42. The van der Waals surface area contributed by atoms with E-state index >= 15 is 0 Å². The van der Waals surface area contributed by atoms with Crippen LogP contribution in [0.15, 0.2) is 17.2 Å². The number of nitrogens with two attached hydrogens (primary N) is 1. The van der Waals surface area contributed by atoms with Crippen molar-refractivity contribution >= 4 is 27.2 Å². The first-order valence-corrected chi connectivity index (χ1v) is 7.54. The lowest BCUT2D eigenvalue weighted by Gasteiger charge is -2.03. The van der Waals surface area contributed by atoms with Crippen LogP contribution in [0.25, 0.3) is 0 Å². The number of hydrogen-bond acceptors (Lipinski definition) is 5. The highest BCUT2D eigenvalue weighted by Gasteiger charge is 2.19. The molecular weight excluding hydrogens is 272 g/mol. The van der Waals surface area contributed by atoms with Gasteiger partial charge in [0.15, 0.2) is 0 Å². The quantitative estimate of drug-likeness (QED) is 0.784. The van der Waals surface area contributed by atoms with Gasteiger partial charge in [0, 0.05) is 16.3 Å². The SMILES string of the molecule is Cc1cc(CNS(=O)(=O)c2cn[nH]c2N)sc1C. The number of aromatic nitrogens is 2. The van der Waals surface area contributed by atoms with Crippen LogP contribution in [0.5, 0.6) is 0 Å². The van der Waals surface area contributed by atoms with Crippen molar-refractivity contribution in [3.05, 3.63) is 27.6 Å². The summed E-state index contributed by atoms with van der Waals surface area (Å²) in [5.74, 6) is 0.0426. The third-order valence-corrected chi connectivity index (χ3v) is 5.16. The van der Waals surface area contributed by atoms with Gasteiger partial charge >= 0.3 is 0 Å². The predicted octanol–water partition coefficient (Wildman–Crippen LogP) is 1.15. The van der Waals surface area contributed by atoms with E-state index in [-0.39, 0.29) is 17.3 Å². The molecule has 2 rings (SSSR count). The van der Waals surface area contributed by atoms with E-state index in [1.165, 1.54) is 11.1 Å². The van der Waals surface area contributed by atoms with E-state index in [4.69, 9.17) is 5.73 Å². The van der Waals surface area contributed by atoms with E-state index in [2.05, 4.69) is 14.9 Å². The molecule has 0 aliphatic rings. The first kappa shape index (κ1) is 13.1. The fourth-order valence-corrected chi connectivity index (χ4v) is 3.59. The van der Waals surface area contributed by atoms with Gasteiger partial charge in [-0.3, -0.25) is 5.10 Å². The highest BCUT2D eigenvalue weighted by Crippen LogP contribution is 2.21. The van der Waals surface area contributed by atoms with E-state index < -0.39 is 10.0 Å². The van der Waals surface area contributed by atoms with E-state index in [1.807, 2.05) is 19.9 Å². The van der Waals surface area contributed by atoms with Crippen LogP contribution in [0.3, 0.4) is 0 Å². The molecule has 0 fully saturated rings. The van der Waals surface area contributed by atoms with Crippen molar-refractivity contribution in [2.45, 2.75) is 25.3 Å². The Labute approximate surface area is 109 Å². The largest absolute Gasteiger partial charge is 0.383 e. The number of anilines is 1. The second-order valence-electron chi connectivity index (χ2n) is 3.92. The number of nitrogens with zero attached hydrogens (tertiary/aromatic N) is 1. The molecule has 0 atom stereocenters. The molecule has 2 heterocycles. The molecule has 0 radical (unpaired) electrons. The van der Waals surface area contributed by atoms with Crippen molar-refractivity contribution < 1.29 is 8.42 Å². The van der Waals surface area contributed by atoms with E-state index in [0.29, 0.717) is 0 Å². The molecule has 8 heteroatoms. The number of rotatable bonds is 4. The molecular formula is C10H14N4O2S2. The van der Waals surface area contributed by atoms with Gasteiger partial charge in [0.2, 0.25) is 10.0 Å². The van der Waals surface area contributed by atoms with Crippen molar-refractivity contribution in [3.63, 3.8) is 0 Å². The van der Waals surface area contributed by atoms with Crippen molar-refractivity contribution in [1.82, 2.24) is 14.9 Å². The Hall–Kier alpha value is -1.38. The number of nitrogens with one attached hydrogen (secondary N) is 2. The van der Waals surface area contributed by atoms with Crippen LogP contribution in [-0.2, 0) is 16.6 Å². The number of aryl methyl sites for hydroxylation is 2. The zero-order chi connectivity index (χ0) is 13.3. The van der Waals surface area contributed by atoms with Crippen LogP contribution < -0.4 is 10.5 Å². The van der Waals surface area contributed by atoms with E-state index in [0.717, 1.165) is 10.4 Å². The predicted molar refractivity (Wildman–Crippen MR) is 70.8 cm³/mol. The van der Waals surface area contributed by atoms with Gasteiger partial charge in [-0.2, -0.15) is 5.10 Å². The molecule has 0 unspecified atom stereocenters. The molecule has 0 saturated carbocycles. The number of thiophene rings is 1. The molecule has 0 aromatic carbocycles. The summed E-state index contributed by atoms with van der Waals surface area (Å²) in [6.07, 6.45) is 1.20. The van der Waals surface area contributed by atoms with Gasteiger partial charge in [-0.05, 0) is 25.5 Å². The van der Waals surface area contributed by atoms with Gasteiger partial charge in [0.25, 0.3) is 0 Å². The number of nitrogen functional groups attached to an aromatic ring is 1. The monoisotopic (exact) mass is 286 g/mol. The van der Waals surface area contributed by atoms with Crippen LogP contribution in [-0.4, -0.2) is 18.6 Å². The molecule has 0 spiro atoms. The Morgan fingerprint density at radius 2 is 2.22 bits per heavy atom. The van der Waals surface area contributed by atoms with Crippen molar-refractivity contribution in [2.24, 2.45) is 0 Å². The third-order valence-electron chi connectivity index (χ3n) is 2.58. The normalized spacial score (nSPS) is 11.9. The van der Waals surface area contributed by atoms with Gasteiger partial charge in [0.1, 0.15) is 10.7 Å². The first-order chi connectivity index (χ1) is 8.40. The summed E-state index contributed by atoms with van der Waals surface area (Å²) >= 11 is 1.57. The summed E-state index contributed by atoms with van der Waals surface area (Å²) in [5.41, 5.74) is 6.65. The molecule has 4 N–H and O–H groups in total. The van der Waals surface area contributed by atoms with E-state index in [1.54, 1.807) is 11.3 Å². The molecule has 0 saturated heterocycles. The summed E-state index contributed by atoms with van der Waals surface area (Å²) in [4.78, 5) is 2.13. The number of hydrogen-bond donors (Lipinski definition) is 3. The maximum Gasteiger partial charge on any atom is 0.246 e. The number of sulfonamides is 1. The molecule has 2 aromatic heterocycles. The maximum absolute atomic E-state index is 11.9. The van der Waals surface area contributed by atoms with Gasteiger partial charge in [-0.25, -0.2) is 13.1 Å². The van der Waals surface area contributed by atoms with Crippen LogP contribution in [0.1, 0.15) is 15.3 Å². The molecule has 18 heavy (non-hydrogen) atoms. The summed E-state index contributed by atoms with van der Waals surface area (Å²) in [5, 5.41) is 5.99. The van der Waals surface area contributed by atoms with Crippen molar-refractivity contribution in [3.8, 4) is 0 Å². The lowest BCUT2D eigenvalue weighted by Crippen LogP contribution is -2.23. The first-order valence-electron chi connectivity index (χ1n) is 5.24. The number of aromatic amines is 1. The summed E-state index contributed by atoms with van der Waals surface area (Å²) in [6.45, 7) is 4.26. The zero-order valence-corrected chi connectivity index (χ0v) is 11.7. The summed E-state index contributed by atoms with van der Waals surface area (Å²) < 4.78 is 26.4. The van der Waals surface area contributed by atoms with Crippen LogP contribution in [0, 0.1) is 13.8 Å². The summed E-state index contributed by atoms with van der Waals surface area (Å²) in [7, 11) is -3.61. The lowest BCUT2D eigenvalue weighted by atomic mass is 10.3. The van der Waals surface area contributed by atoms with Crippen LogP contribution in [0.2, 0.25) is 0 Å². The lowest BCUT2D eigenvalue weighted by molar-refractivity contribution is 0.582. The highest BCUT2D eigenvalue weighted by molar-refractivity contribution is 7.89. The number of H-pyrrole nitrogens is 1. The molecule has 0 amide bonds. The van der Waals surface area contributed by atoms with Gasteiger partial charge < -0.3 is 5.73 Å². The smallest absolute Gasteiger partial charge is 0.246 e. The fourth-order valence-electron chi connectivity index (χ4n) is 1.48. The Bertz CT molecular complexity index is 638. The third kappa shape index (κ3) is 2.55. The molecule has 0 bridgehead atoms. The molecule has 2 aromatic rings. The second kappa shape index (κ2) is 4.71. The maximum atomic E-state index is 11.9. The summed E-state index contributed by atoms with van der Waals surface area (Å²) in [6, 6.07) is 1.97. The van der Waals surface area contributed by atoms with Gasteiger partial charge in [0.05, 0.1) is 6.20 Å². The zero-order valence-electron chi connectivity index (χ0n) is 10.0. The topological polar surface area (TPSA) is 101 Å². The minimum Gasteiger partial charge on any atom is -0.383 e. The molecule has 0 aliphatic heterocycles. The Morgan fingerprint density at radius 3 is 2.72 bits per heavy atom. The fraction of sp³-hybridized carbons (Fsp3) is 0.300. The molecule has 0 aliphatic carbocycles. The van der Waals surface area contributed by atoms with Crippen LogP contribution >= 0.6 is 11.3 Å². The average molecular weight is 286 g/mol. The second-order valence-corrected chi connectivity index (χ2v) is 7.00. The highest BCUT2D eigenvalue weighted by atomic mass is 32.2. The van der Waals surface area contributed by atoms with Gasteiger partial charge in [-0.15, -0.1) is 11.3 Å². The standard InChI is InChI=1S/C10H14N4O2S2/c1-6-3-8(17-7(6)2)4-13-18(15,16)9-5-12-14-10(9)11/h3,5,13H,4H2,1-2H3,(H3,11,12,14). The minimum absolute atomic E-state index is 0.0208. The molecule has 98 valence electrons. The molecule has 6 nitrogen and oxygen atoms in total. The minimum atomic E-state index is -3.61. The Morgan fingerprint density at radius 1 is 1.50 bits per heavy atom. The average Bonchev–Trinajstić information content (AvgIpc) is 2.84. The van der Waals surface area contributed by atoms with E-state index in [9.17, 15) is 8.42 Å².